The standard InChI is InChI=1S/C11H17NO4S2/c1-4-6-18(14,15)12-10-9(7-8(3)17-10)11(13)16-5-2/h7,12H,4-6H2,1-3H3. The number of rotatable bonds is 6. The SMILES string of the molecule is CCCS(=O)(=O)Nc1sc(C)cc1C(=O)OCC. The Bertz CT molecular complexity index is 519. The number of thiophene rings is 1. The second-order valence-electron chi connectivity index (χ2n) is 3.74. The third-order valence-electron chi connectivity index (χ3n) is 2.07. The van der Waals surface area contributed by atoms with Gasteiger partial charge in [-0.3, -0.25) is 4.72 Å². The lowest BCUT2D eigenvalue weighted by molar-refractivity contribution is 0.0528. The molecular formula is C11H17NO4S2. The number of anilines is 1. The van der Waals surface area contributed by atoms with Crippen LogP contribution in [0.4, 0.5) is 5.00 Å². The summed E-state index contributed by atoms with van der Waals surface area (Å²) in [5, 5.41) is 0.333. The summed E-state index contributed by atoms with van der Waals surface area (Å²) in [5.41, 5.74) is 0.277. The van der Waals surface area contributed by atoms with Crippen LogP contribution < -0.4 is 4.72 Å². The molecular weight excluding hydrogens is 274 g/mol. The summed E-state index contributed by atoms with van der Waals surface area (Å²) in [7, 11) is -3.39. The maximum Gasteiger partial charge on any atom is 0.341 e. The van der Waals surface area contributed by atoms with Gasteiger partial charge in [0.15, 0.2) is 0 Å². The van der Waals surface area contributed by atoms with Gasteiger partial charge in [0.25, 0.3) is 0 Å². The molecule has 0 radical (unpaired) electrons. The fourth-order valence-electron chi connectivity index (χ4n) is 1.41. The van der Waals surface area contributed by atoms with Crippen LogP contribution in [0.15, 0.2) is 6.07 Å². The Balaban J connectivity index is 2.99. The van der Waals surface area contributed by atoms with Gasteiger partial charge in [-0.2, -0.15) is 0 Å². The van der Waals surface area contributed by atoms with E-state index in [4.69, 9.17) is 4.74 Å². The molecule has 0 aliphatic rings. The Kier molecular flexibility index (Phi) is 5.15. The first kappa shape index (κ1) is 15.0. The Morgan fingerprint density at radius 1 is 1.44 bits per heavy atom. The average Bonchev–Trinajstić information content (AvgIpc) is 2.58. The fraction of sp³-hybridized carbons (Fsp3) is 0.545. The highest BCUT2D eigenvalue weighted by atomic mass is 32.2. The second kappa shape index (κ2) is 6.19. The molecule has 0 saturated heterocycles. The van der Waals surface area contributed by atoms with Crippen LogP contribution in [0.25, 0.3) is 0 Å². The lowest BCUT2D eigenvalue weighted by Crippen LogP contribution is -2.17. The predicted octanol–water partition coefficient (Wildman–Crippen LogP) is 2.38. The minimum atomic E-state index is -3.39. The van der Waals surface area contributed by atoms with Crippen molar-refractivity contribution in [2.24, 2.45) is 0 Å². The first-order chi connectivity index (χ1) is 8.39. The molecule has 0 bridgehead atoms. The molecule has 1 N–H and O–H groups in total. The maximum absolute atomic E-state index is 11.7. The van der Waals surface area contributed by atoms with Crippen LogP contribution in [0, 0.1) is 6.92 Å². The summed E-state index contributed by atoms with van der Waals surface area (Å²) >= 11 is 1.23. The predicted molar refractivity (Wildman–Crippen MR) is 72.7 cm³/mol. The van der Waals surface area contributed by atoms with Crippen LogP contribution in [-0.4, -0.2) is 26.7 Å². The number of ether oxygens (including phenoxy) is 1. The lowest BCUT2D eigenvalue weighted by Gasteiger charge is -2.07. The largest absolute Gasteiger partial charge is 0.462 e. The van der Waals surface area contributed by atoms with E-state index in [0.717, 1.165) is 4.88 Å². The Morgan fingerprint density at radius 2 is 2.11 bits per heavy atom. The van der Waals surface area contributed by atoms with Gasteiger partial charge in [0.05, 0.1) is 17.9 Å². The van der Waals surface area contributed by atoms with E-state index in [9.17, 15) is 13.2 Å². The number of carbonyl (C=O) groups excluding carboxylic acids is 1. The first-order valence-corrected chi connectivity index (χ1v) is 8.14. The number of esters is 1. The maximum atomic E-state index is 11.7. The minimum Gasteiger partial charge on any atom is -0.462 e. The molecule has 1 rings (SSSR count). The first-order valence-electron chi connectivity index (χ1n) is 5.67. The van der Waals surface area contributed by atoms with Gasteiger partial charge in [-0.25, -0.2) is 13.2 Å². The summed E-state index contributed by atoms with van der Waals surface area (Å²) in [6.07, 6.45) is 0.522. The molecule has 18 heavy (non-hydrogen) atoms. The van der Waals surface area contributed by atoms with Gasteiger partial charge in [0.1, 0.15) is 5.00 Å². The number of hydrogen-bond donors (Lipinski definition) is 1. The van der Waals surface area contributed by atoms with Crippen LogP contribution in [0.3, 0.4) is 0 Å². The van der Waals surface area contributed by atoms with Crippen molar-refractivity contribution in [2.75, 3.05) is 17.1 Å². The van der Waals surface area contributed by atoms with Crippen LogP contribution in [0.5, 0.6) is 0 Å². The van der Waals surface area contributed by atoms with Gasteiger partial charge in [-0.1, -0.05) is 6.92 Å². The van der Waals surface area contributed by atoms with E-state index in [2.05, 4.69) is 4.72 Å². The van der Waals surface area contributed by atoms with Crippen molar-refractivity contribution in [3.63, 3.8) is 0 Å². The third-order valence-corrected chi connectivity index (χ3v) is 4.63. The van der Waals surface area contributed by atoms with Crippen molar-refractivity contribution in [2.45, 2.75) is 27.2 Å². The highest BCUT2D eigenvalue weighted by Crippen LogP contribution is 2.29. The highest BCUT2D eigenvalue weighted by molar-refractivity contribution is 7.92. The smallest absolute Gasteiger partial charge is 0.341 e. The van der Waals surface area contributed by atoms with E-state index in [1.165, 1.54) is 11.3 Å². The zero-order valence-corrected chi connectivity index (χ0v) is 12.3. The molecule has 1 heterocycles. The van der Waals surface area contributed by atoms with E-state index in [0.29, 0.717) is 11.4 Å². The molecule has 0 aliphatic heterocycles. The summed E-state index contributed by atoms with van der Waals surface area (Å²) in [5.74, 6) is -0.470. The Labute approximate surface area is 111 Å². The van der Waals surface area contributed by atoms with Crippen LogP contribution in [0.2, 0.25) is 0 Å². The fourth-order valence-corrected chi connectivity index (χ4v) is 3.74. The second-order valence-corrected chi connectivity index (χ2v) is 6.84. The quantitative estimate of drug-likeness (QED) is 0.817. The Morgan fingerprint density at radius 3 is 2.67 bits per heavy atom. The van der Waals surface area contributed by atoms with Crippen LogP contribution in [-0.2, 0) is 14.8 Å². The van der Waals surface area contributed by atoms with Gasteiger partial charge in [0, 0.05) is 4.88 Å². The molecule has 0 fully saturated rings. The van der Waals surface area contributed by atoms with Gasteiger partial charge in [-0.05, 0) is 26.3 Å². The van der Waals surface area contributed by atoms with Gasteiger partial charge in [-0.15, -0.1) is 11.3 Å². The molecule has 0 amide bonds. The molecule has 0 saturated carbocycles. The summed E-state index contributed by atoms with van der Waals surface area (Å²) in [4.78, 5) is 12.5. The molecule has 5 nitrogen and oxygen atoms in total. The molecule has 0 aliphatic carbocycles. The third kappa shape index (κ3) is 3.99. The molecule has 1 aromatic rings. The van der Waals surface area contributed by atoms with E-state index in [1.54, 1.807) is 19.9 Å². The van der Waals surface area contributed by atoms with Gasteiger partial charge < -0.3 is 4.74 Å². The van der Waals surface area contributed by atoms with E-state index in [1.807, 2.05) is 6.92 Å². The normalized spacial score (nSPS) is 11.3. The number of carbonyl (C=O) groups is 1. The van der Waals surface area contributed by atoms with Crippen molar-refractivity contribution < 1.29 is 17.9 Å². The average molecular weight is 291 g/mol. The summed E-state index contributed by atoms with van der Waals surface area (Å²) < 4.78 is 30.7. The minimum absolute atomic E-state index is 0.0339. The zero-order valence-electron chi connectivity index (χ0n) is 10.6. The van der Waals surface area contributed by atoms with Crippen molar-refractivity contribution >= 4 is 32.3 Å². The van der Waals surface area contributed by atoms with Crippen molar-refractivity contribution in [3.05, 3.63) is 16.5 Å². The zero-order chi connectivity index (χ0) is 13.8. The molecule has 0 unspecified atom stereocenters. The van der Waals surface area contributed by atoms with Gasteiger partial charge >= 0.3 is 5.97 Å². The van der Waals surface area contributed by atoms with Crippen molar-refractivity contribution in [3.8, 4) is 0 Å². The number of sulfonamides is 1. The van der Waals surface area contributed by atoms with E-state index >= 15 is 0 Å². The number of aryl methyl sites for hydroxylation is 1. The van der Waals surface area contributed by atoms with Crippen molar-refractivity contribution in [1.82, 2.24) is 0 Å². The van der Waals surface area contributed by atoms with Crippen molar-refractivity contribution in [1.29, 1.82) is 0 Å². The topological polar surface area (TPSA) is 72.5 Å². The molecule has 7 heteroatoms. The monoisotopic (exact) mass is 291 g/mol. The van der Waals surface area contributed by atoms with Crippen LogP contribution in [0.1, 0.15) is 35.5 Å². The van der Waals surface area contributed by atoms with E-state index < -0.39 is 16.0 Å². The summed E-state index contributed by atoms with van der Waals surface area (Å²) in [6.45, 7) is 5.56. The Hall–Kier alpha value is -1.08. The molecule has 102 valence electrons. The molecule has 0 aromatic carbocycles. The molecule has 0 atom stereocenters. The number of nitrogens with one attached hydrogen (secondary N) is 1. The number of hydrogen-bond acceptors (Lipinski definition) is 5. The summed E-state index contributed by atoms with van der Waals surface area (Å²) in [6, 6.07) is 1.63. The van der Waals surface area contributed by atoms with E-state index in [-0.39, 0.29) is 17.9 Å². The molecule has 0 spiro atoms. The highest BCUT2D eigenvalue weighted by Gasteiger charge is 2.19. The lowest BCUT2D eigenvalue weighted by atomic mass is 10.3. The van der Waals surface area contributed by atoms with Gasteiger partial charge in [0.2, 0.25) is 10.0 Å². The molecule has 1 aromatic heterocycles. The van der Waals surface area contributed by atoms with Crippen LogP contribution >= 0.6 is 11.3 Å².